The molecule has 0 radical (unpaired) electrons. The molecule has 0 unspecified atom stereocenters. The SMILES string of the molecule is Brc1cc(Cc2ccccc2)ccc1C(=Cc1ccccc1)c1ccccc1. The molecule has 0 aliphatic carbocycles. The van der Waals surface area contributed by atoms with Crippen molar-refractivity contribution in [2.24, 2.45) is 0 Å². The maximum atomic E-state index is 3.83. The van der Waals surface area contributed by atoms with Crippen molar-refractivity contribution in [2.75, 3.05) is 0 Å². The molecule has 0 N–H and O–H groups in total. The Hall–Kier alpha value is -2.90. The first-order chi connectivity index (χ1) is 13.8. The van der Waals surface area contributed by atoms with E-state index in [4.69, 9.17) is 0 Å². The van der Waals surface area contributed by atoms with Gasteiger partial charge in [-0.3, -0.25) is 0 Å². The molecule has 0 saturated heterocycles. The summed E-state index contributed by atoms with van der Waals surface area (Å²) < 4.78 is 1.12. The third kappa shape index (κ3) is 4.49. The van der Waals surface area contributed by atoms with Crippen LogP contribution in [0.2, 0.25) is 0 Å². The molecule has 0 saturated carbocycles. The second-order valence-electron chi connectivity index (χ2n) is 6.81. The summed E-state index contributed by atoms with van der Waals surface area (Å²) in [5.41, 5.74) is 7.44. The molecule has 28 heavy (non-hydrogen) atoms. The lowest BCUT2D eigenvalue weighted by molar-refractivity contribution is 1.19. The normalized spacial score (nSPS) is 11.4. The van der Waals surface area contributed by atoms with E-state index in [1.807, 2.05) is 6.07 Å². The fraction of sp³-hybridized carbons (Fsp3) is 0.0370. The van der Waals surface area contributed by atoms with Gasteiger partial charge in [0, 0.05) is 4.47 Å². The van der Waals surface area contributed by atoms with Crippen molar-refractivity contribution >= 4 is 27.6 Å². The van der Waals surface area contributed by atoms with Crippen LogP contribution in [0, 0.1) is 0 Å². The maximum Gasteiger partial charge on any atom is 0.0256 e. The van der Waals surface area contributed by atoms with E-state index in [1.54, 1.807) is 0 Å². The van der Waals surface area contributed by atoms with Gasteiger partial charge in [0.1, 0.15) is 0 Å². The van der Waals surface area contributed by atoms with E-state index in [1.165, 1.54) is 33.4 Å². The molecule has 0 heterocycles. The van der Waals surface area contributed by atoms with Crippen molar-refractivity contribution in [1.29, 1.82) is 0 Å². The summed E-state index contributed by atoms with van der Waals surface area (Å²) in [5, 5.41) is 0. The third-order valence-electron chi connectivity index (χ3n) is 4.77. The molecule has 4 aromatic rings. The molecule has 0 amide bonds. The zero-order chi connectivity index (χ0) is 19.2. The van der Waals surface area contributed by atoms with E-state index in [2.05, 4.69) is 125 Å². The standard InChI is InChI=1S/C27H21Br/c28-27-20-23(18-21-10-4-1-5-11-21)16-17-25(27)26(24-14-8-3-9-15-24)19-22-12-6-2-7-13-22/h1-17,19-20H,18H2. The average Bonchev–Trinajstić information content (AvgIpc) is 2.75. The minimum absolute atomic E-state index is 0.933. The first-order valence-electron chi connectivity index (χ1n) is 9.44. The molecule has 4 rings (SSSR count). The van der Waals surface area contributed by atoms with Crippen LogP contribution >= 0.6 is 15.9 Å². The van der Waals surface area contributed by atoms with Gasteiger partial charge in [-0.05, 0) is 52.0 Å². The van der Waals surface area contributed by atoms with Crippen molar-refractivity contribution in [3.8, 4) is 0 Å². The zero-order valence-electron chi connectivity index (χ0n) is 15.6. The fourth-order valence-electron chi connectivity index (χ4n) is 3.37. The highest BCUT2D eigenvalue weighted by Crippen LogP contribution is 2.32. The smallest absolute Gasteiger partial charge is 0.0256 e. The minimum Gasteiger partial charge on any atom is -0.0622 e. The predicted molar refractivity (Wildman–Crippen MR) is 123 cm³/mol. The summed E-state index contributed by atoms with van der Waals surface area (Å²) in [7, 11) is 0. The van der Waals surface area contributed by atoms with Gasteiger partial charge in [-0.1, -0.05) is 119 Å². The first-order valence-corrected chi connectivity index (χ1v) is 10.2. The Kier molecular flexibility index (Phi) is 5.84. The molecule has 0 aromatic heterocycles. The van der Waals surface area contributed by atoms with E-state index < -0.39 is 0 Å². The lowest BCUT2D eigenvalue weighted by Gasteiger charge is -2.13. The monoisotopic (exact) mass is 424 g/mol. The molecule has 0 spiro atoms. The molecule has 1 heteroatoms. The molecule has 0 atom stereocenters. The molecule has 0 fully saturated rings. The first kappa shape index (κ1) is 18.5. The molecule has 0 nitrogen and oxygen atoms in total. The number of benzene rings is 4. The molecule has 4 aromatic carbocycles. The van der Waals surface area contributed by atoms with Crippen LogP contribution in [0.15, 0.2) is 114 Å². The van der Waals surface area contributed by atoms with Crippen LogP contribution in [0.5, 0.6) is 0 Å². The van der Waals surface area contributed by atoms with Crippen molar-refractivity contribution in [2.45, 2.75) is 6.42 Å². The van der Waals surface area contributed by atoms with E-state index in [0.29, 0.717) is 0 Å². The summed E-state index contributed by atoms with van der Waals surface area (Å²) >= 11 is 3.83. The van der Waals surface area contributed by atoms with E-state index in [0.717, 1.165) is 10.9 Å². The zero-order valence-corrected chi connectivity index (χ0v) is 17.1. The van der Waals surface area contributed by atoms with Gasteiger partial charge in [0.05, 0.1) is 0 Å². The highest BCUT2D eigenvalue weighted by molar-refractivity contribution is 9.10. The van der Waals surface area contributed by atoms with E-state index >= 15 is 0 Å². The molecule has 136 valence electrons. The van der Waals surface area contributed by atoms with Crippen LogP contribution in [-0.4, -0.2) is 0 Å². The molecular formula is C27H21Br. The van der Waals surface area contributed by atoms with Gasteiger partial charge in [0.15, 0.2) is 0 Å². The molecular weight excluding hydrogens is 404 g/mol. The summed E-state index contributed by atoms with van der Waals surface area (Å²) in [5.74, 6) is 0. The summed E-state index contributed by atoms with van der Waals surface area (Å²) in [4.78, 5) is 0. The molecule has 0 aliphatic rings. The Morgan fingerprint density at radius 1 is 0.643 bits per heavy atom. The summed E-state index contributed by atoms with van der Waals surface area (Å²) in [6, 6.07) is 38.3. The summed E-state index contributed by atoms with van der Waals surface area (Å²) in [6.45, 7) is 0. The lowest BCUT2D eigenvalue weighted by Crippen LogP contribution is -1.93. The lowest BCUT2D eigenvalue weighted by atomic mass is 9.94. The Labute approximate surface area is 175 Å². The van der Waals surface area contributed by atoms with Gasteiger partial charge < -0.3 is 0 Å². The van der Waals surface area contributed by atoms with Crippen molar-refractivity contribution in [1.82, 2.24) is 0 Å². The Balaban J connectivity index is 1.73. The van der Waals surface area contributed by atoms with Crippen LogP contribution < -0.4 is 0 Å². The van der Waals surface area contributed by atoms with Gasteiger partial charge >= 0.3 is 0 Å². The van der Waals surface area contributed by atoms with E-state index in [9.17, 15) is 0 Å². The largest absolute Gasteiger partial charge is 0.0622 e. The van der Waals surface area contributed by atoms with Crippen LogP contribution in [0.25, 0.3) is 11.6 Å². The van der Waals surface area contributed by atoms with E-state index in [-0.39, 0.29) is 0 Å². The predicted octanol–water partition coefficient (Wildman–Crippen LogP) is 7.63. The number of rotatable bonds is 5. The molecule has 0 aliphatic heterocycles. The number of hydrogen-bond donors (Lipinski definition) is 0. The number of hydrogen-bond acceptors (Lipinski definition) is 0. The Morgan fingerprint density at radius 2 is 1.25 bits per heavy atom. The highest BCUT2D eigenvalue weighted by atomic mass is 79.9. The van der Waals surface area contributed by atoms with Gasteiger partial charge in [-0.2, -0.15) is 0 Å². The van der Waals surface area contributed by atoms with Gasteiger partial charge in [0.25, 0.3) is 0 Å². The second-order valence-corrected chi connectivity index (χ2v) is 7.67. The van der Waals surface area contributed by atoms with Gasteiger partial charge in [-0.25, -0.2) is 0 Å². The second kappa shape index (κ2) is 8.86. The fourth-order valence-corrected chi connectivity index (χ4v) is 4.01. The Bertz CT molecular complexity index is 1070. The third-order valence-corrected chi connectivity index (χ3v) is 5.43. The molecule has 0 bridgehead atoms. The highest BCUT2D eigenvalue weighted by Gasteiger charge is 2.10. The maximum absolute atomic E-state index is 3.83. The number of halogens is 1. The topological polar surface area (TPSA) is 0 Å². The summed E-state index contributed by atoms with van der Waals surface area (Å²) in [6.07, 6.45) is 3.19. The van der Waals surface area contributed by atoms with Crippen LogP contribution in [0.3, 0.4) is 0 Å². The van der Waals surface area contributed by atoms with Crippen LogP contribution in [0.1, 0.15) is 27.8 Å². The van der Waals surface area contributed by atoms with Crippen LogP contribution in [0.4, 0.5) is 0 Å². The van der Waals surface area contributed by atoms with Crippen molar-refractivity contribution in [3.05, 3.63) is 141 Å². The minimum atomic E-state index is 0.933. The van der Waals surface area contributed by atoms with Gasteiger partial charge in [-0.15, -0.1) is 0 Å². The quantitative estimate of drug-likeness (QED) is 0.289. The van der Waals surface area contributed by atoms with Crippen molar-refractivity contribution < 1.29 is 0 Å². The van der Waals surface area contributed by atoms with Crippen molar-refractivity contribution in [3.63, 3.8) is 0 Å². The van der Waals surface area contributed by atoms with Crippen LogP contribution in [-0.2, 0) is 6.42 Å². The Morgan fingerprint density at radius 3 is 1.89 bits per heavy atom. The average molecular weight is 425 g/mol. The van der Waals surface area contributed by atoms with Gasteiger partial charge in [0.2, 0.25) is 0 Å².